The van der Waals surface area contributed by atoms with Crippen LogP contribution in [-0.4, -0.2) is 35.4 Å². The summed E-state index contributed by atoms with van der Waals surface area (Å²) in [5.74, 6) is 0.200. The first kappa shape index (κ1) is 16.2. The maximum absolute atomic E-state index is 12.1. The molecule has 1 heterocycles. The minimum absolute atomic E-state index is 0.00208. The second-order valence-electron chi connectivity index (χ2n) is 5.60. The lowest BCUT2D eigenvalue weighted by atomic mass is 9.91. The first-order valence-corrected chi connectivity index (χ1v) is 7.60. The number of amides is 2. The number of aromatic nitrogens is 1. The van der Waals surface area contributed by atoms with Crippen molar-refractivity contribution in [3.8, 4) is 0 Å². The summed E-state index contributed by atoms with van der Waals surface area (Å²) in [5, 5.41) is 5.98. The van der Waals surface area contributed by atoms with E-state index >= 15 is 0 Å². The average molecular weight is 305 g/mol. The number of carbonyl (C=O) groups excluding carboxylic acids is 2. The van der Waals surface area contributed by atoms with Crippen LogP contribution in [0.25, 0.3) is 0 Å². The van der Waals surface area contributed by atoms with Gasteiger partial charge in [-0.3, -0.25) is 9.59 Å². The molecule has 22 heavy (non-hydrogen) atoms. The minimum Gasteiger partial charge on any atom is -0.384 e. The number of nitrogen functional groups attached to an aromatic ring is 1. The van der Waals surface area contributed by atoms with Gasteiger partial charge in [0.15, 0.2) is 0 Å². The molecular weight excluding hydrogens is 282 g/mol. The molecule has 2 amide bonds. The third kappa shape index (κ3) is 4.70. The maximum Gasteiger partial charge on any atom is 0.251 e. The van der Waals surface area contributed by atoms with E-state index in [4.69, 9.17) is 11.5 Å². The fourth-order valence-corrected chi connectivity index (χ4v) is 2.67. The molecule has 1 aromatic heterocycles. The summed E-state index contributed by atoms with van der Waals surface area (Å²) in [5.41, 5.74) is 11.5. The highest BCUT2D eigenvalue weighted by molar-refractivity contribution is 5.94. The van der Waals surface area contributed by atoms with E-state index in [1.165, 1.54) is 6.20 Å². The van der Waals surface area contributed by atoms with E-state index in [0.29, 0.717) is 24.3 Å². The average Bonchev–Trinajstić information content (AvgIpc) is 2.49. The Morgan fingerprint density at radius 3 is 2.41 bits per heavy atom. The Morgan fingerprint density at radius 2 is 1.82 bits per heavy atom. The van der Waals surface area contributed by atoms with Gasteiger partial charge in [0, 0.05) is 36.8 Å². The third-order valence-corrected chi connectivity index (χ3v) is 3.84. The van der Waals surface area contributed by atoms with Gasteiger partial charge in [-0.1, -0.05) is 0 Å². The van der Waals surface area contributed by atoms with Crippen molar-refractivity contribution in [3.05, 3.63) is 23.9 Å². The van der Waals surface area contributed by atoms with Crippen LogP contribution < -0.4 is 22.1 Å². The van der Waals surface area contributed by atoms with E-state index in [2.05, 4.69) is 15.6 Å². The molecule has 0 atom stereocenters. The normalized spacial score (nSPS) is 21.1. The molecule has 1 fully saturated rings. The van der Waals surface area contributed by atoms with Crippen molar-refractivity contribution in [1.82, 2.24) is 15.6 Å². The van der Waals surface area contributed by atoms with E-state index in [9.17, 15) is 9.59 Å². The quantitative estimate of drug-likeness (QED) is 0.617. The van der Waals surface area contributed by atoms with E-state index in [1.54, 1.807) is 12.1 Å². The summed E-state index contributed by atoms with van der Waals surface area (Å²) in [6.45, 7) is 0.367. The Balaban J connectivity index is 1.77. The highest BCUT2D eigenvalue weighted by Crippen LogP contribution is 2.19. The molecule has 1 aromatic rings. The van der Waals surface area contributed by atoms with E-state index in [1.807, 2.05) is 0 Å². The zero-order valence-electron chi connectivity index (χ0n) is 12.5. The largest absolute Gasteiger partial charge is 0.384 e. The standard InChI is InChI=1S/C15H23N5O2/c16-7-5-14(21)19-11-1-3-12(4-2-11)20-15(22)10-6-8-18-13(17)9-10/h6,8-9,11-12H,1-5,7,16H2,(H2,17,18)(H,19,21)(H,20,22)/t11-,12-. The number of nitrogens with two attached hydrogens (primary N) is 2. The van der Waals surface area contributed by atoms with Gasteiger partial charge in [-0.15, -0.1) is 0 Å². The lowest BCUT2D eigenvalue weighted by Gasteiger charge is -2.29. The van der Waals surface area contributed by atoms with E-state index in [0.717, 1.165) is 25.7 Å². The van der Waals surface area contributed by atoms with Crippen LogP contribution in [0.5, 0.6) is 0 Å². The zero-order chi connectivity index (χ0) is 15.9. The number of nitrogens with zero attached hydrogens (tertiary/aromatic N) is 1. The van der Waals surface area contributed by atoms with Crippen LogP contribution in [0.15, 0.2) is 18.3 Å². The minimum atomic E-state index is -0.135. The number of hydrogen-bond donors (Lipinski definition) is 4. The van der Waals surface area contributed by atoms with Crippen molar-refractivity contribution in [3.63, 3.8) is 0 Å². The maximum atomic E-state index is 12.1. The Morgan fingerprint density at radius 1 is 1.18 bits per heavy atom. The number of hydrogen-bond acceptors (Lipinski definition) is 5. The lowest BCUT2D eigenvalue weighted by Crippen LogP contribution is -2.44. The second-order valence-corrected chi connectivity index (χ2v) is 5.60. The molecule has 120 valence electrons. The van der Waals surface area contributed by atoms with Gasteiger partial charge in [0.25, 0.3) is 5.91 Å². The van der Waals surface area contributed by atoms with Gasteiger partial charge in [-0.2, -0.15) is 0 Å². The summed E-state index contributed by atoms with van der Waals surface area (Å²) in [6, 6.07) is 3.52. The number of anilines is 1. The fourth-order valence-electron chi connectivity index (χ4n) is 2.67. The Hall–Kier alpha value is -2.15. The van der Waals surface area contributed by atoms with Gasteiger partial charge in [-0.25, -0.2) is 4.98 Å². The molecule has 1 aliphatic rings. The molecule has 0 aliphatic heterocycles. The van der Waals surface area contributed by atoms with Crippen LogP contribution in [0.3, 0.4) is 0 Å². The highest BCUT2D eigenvalue weighted by atomic mass is 16.2. The molecule has 0 unspecified atom stereocenters. The molecule has 0 aromatic carbocycles. The van der Waals surface area contributed by atoms with Crippen LogP contribution in [0.2, 0.25) is 0 Å². The van der Waals surface area contributed by atoms with E-state index in [-0.39, 0.29) is 23.9 Å². The van der Waals surface area contributed by atoms with Gasteiger partial charge in [-0.05, 0) is 37.8 Å². The van der Waals surface area contributed by atoms with Gasteiger partial charge in [0.2, 0.25) is 5.91 Å². The Kier molecular flexibility index (Phi) is 5.71. The van der Waals surface area contributed by atoms with Crippen LogP contribution in [0.4, 0.5) is 5.82 Å². The van der Waals surface area contributed by atoms with Gasteiger partial charge < -0.3 is 22.1 Å². The summed E-state index contributed by atoms with van der Waals surface area (Å²) in [7, 11) is 0. The molecule has 0 saturated heterocycles. The summed E-state index contributed by atoms with van der Waals surface area (Å²) < 4.78 is 0. The smallest absolute Gasteiger partial charge is 0.251 e. The molecule has 2 rings (SSSR count). The van der Waals surface area contributed by atoms with Crippen LogP contribution in [-0.2, 0) is 4.79 Å². The first-order chi connectivity index (χ1) is 10.6. The number of pyridine rings is 1. The van der Waals surface area contributed by atoms with Crippen molar-refractivity contribution in [2.24, 2.45) is 5.73 Å². The Labute approximate surface area is 129 Å². The second kappa shape index (κ2) is 7.74. The van der Waals surface area contributed by atoms with Gasteiger partial charge in [0.05, 0.1) is 0 Å². The monoisotopic (exact) mass is 305 g/mol. The number of rotatable bonds is 5. The van der Waals surface area contributed by atoms with Crippen molar-refractivity contribution in [2.75, 3.05) is 12.3 Å². The highest BCUT2D eigenvalue weighted by Gasteiger charge is 2.23. The predicted molar refractivity (Wildman–Crippen MR) is 84.0 cm³/mol. The van der Waals surface area contributed by atoms with Gasteiger partial charge >= 0.3 is 0 Å². The van der Waals surface area contributed by atoms with Crippen LogP contribution >= 0.6 is 0 Å². The van der Waals surface area contributed by atoms with Crippen LogP contribution in [0.1, 0.15) is 42.5 Å². The molecule has 6 N–H and O–H groups in total. The predicted octanol–water partition coefficient (Wildman–Crippen LogP) is 0.170. The molecule has 7 heteroatoms. The topological polar surface area (TPSA) is 123 Å². The summed E-state index contributed by atoms with van der Waals surface area (Å²) in [4.78, 5) is 27.5. The number of carbonyl (C=O) groups is 2. The molecule has 0 spiro atoms. The lowest BCUT2D eigenvalue weighted by molar-refractivity contribution is -0.121. The molecule has 1 aliphatic carbocycles. The molecule has 0 bridgehead atoms. The van der Waals surface area contributed by atoms with Crippen molar-refractivity contribution in [2.45, 2.75) is 44.2 Å². The molecule has 1 saturated carbocycles. The van der Waals surface area contributed by atoms with E-state index < -0.39 is 0 Å². The fraction of sp³-hybridized carbons (Fsp3) is 0.533. The first-order valence-electron chi connectivity index (χ1n) is 7.60. The van der Waals surface area contributed by atoms with Gasteiger partial charge in [0.1, 0.15) is 5.82 Å². The Bertz CT molecular complexity index is 526. The zero-order valence-corrected chi connectivity index (χ0v) is 12.5. The SMILES string of the molecule is NCCC(=O)N[C@H]1CC[C@H](NC(=O)c2ccnc(N)c2)CC1. The molecule has 7 nitrogen and oxygen atoms in total. The van der Waals surface area contributed by atoms with Crippen LogP contribution in [0, 0.1) is 0 Å². The molecule has 0 radical (unpaired) electrons. The number of nitrogens with one attached hydrogen (secondary N) is 2. The third-order valence-electron chi connectivity index (χ3n) is 3.84. The summed E-state index contributed by atoms with van der Waals surface area (Å²) in [6.07, 6.45) is 5.30. The summed E-state index contributed by atoms with van der Waals surface area (Å²) >= 11 is 0. The molecular formula is C15H23N5O2. The van der Waals surface area contributed by atoms with Crippen molar-refractivity contribution in [1.29, 1.82) is 0 Å². The van der Waals surface area contributed by atoms with Crippen molar-refractivity contribution >= 4 is 17.6 Å². The van der Waals surface area contributed by atoms with Crippen molar-refractivity contribution < 1.29 is 9.59 Å².